The third-order valence-corrected chi connectivity index (χ3v) is 18.8. The molecule has 4 fully saturated rings. The highest BCUT2D eigenvalue weighted by atomic mass is 19.1. The van der Waals surface area contributed by atoms with Crippen LogP contribution in [0, 0.1) is 23.5 Å². The summed E-state index contributed by atoms with van der Waals surface area (Å²) in [7, 11) is 6.02. The van der Waals surface area contributed by atoms with Crippen LogP contribution in [0.3, 0.4) is 0 Å². The molecule has 2 aromatic heterocycles. The van der Waals surface area contributed by atoms with Crippen molar-refractivity contribution >= 4 is 87.4 Å². The third kappa shape index (κ3) is 16.7. The van der Waals surface area contributed by atoms with Crippen molar-refractivity contribution in [3.05, 3.63) is 65.0 Å². The molecule has 2 aromatic carbocycles. The highest BCUT2D eigenvalue weighted by Gasteiger charge is 2.41. The summed E-state index contributed by atoms with van der Waals surface area (Å²) >= 11 is 0. The molecule has 4 aliphatic rings. The van der Waals surface area contributed by atoms with Gasteiger partial charge in [0.2, 0.25) is 30.0 Å². The number of hydrogen-bond donors (Lipinski definition) is 4. The van der Waals surface area contributed by atoms with Crippen LogP contribution in [-0.2, 0) is 52.3 Å². The SMILES string of the molecule is C[C@@H](C(=O)N[C@H](C(=O)N1CCN(C(=O)c2c(C(=O)NCCOCCOCCN(C=O)c3c(C(=O)N4CCN(C(=O)[C@@H](NC(=O)[C@H](C)N(C)C(=O)OC(C)(C)C)C5CCCCC5)CC4)n(C)c4ccc(F)cc34)c3cc(F)ccc3n2C)CC1)C1CCCCC1)N(C)C(=O)O. The van der Waals surface area contributed by atoms with E-state index in [1.54, 1.807) is 61.1 Å². The number of carboxylic acid groups (broad SMARTS) is 1. The van der Waals surface area contributed by atoms with Gasteiger partial charge in [0.15, 0.2) is 0 Å². The van der Waals surface area contributed by atoms with Gasteiger partial charge in [0, 0.05) is 110 Å². The van der Waals surface area contributed by atoms with Crippen molar-refractivity contribution in [1.82, 2.24) is 54.5 Å². The van der Waals surface area contributed by atoms with Gasteiger partial charge in [-0.2, -0.15) is 0 Å². The molecule has 94 heavy (non-hydrogen) atoms. The molecule has 0 unspecified atom stereocenters. The summed E-state index contributed by atoms with van der Waals surface area (Å²) < 4.78 is 50.1. The van der Waals surface area contributed by atoms with Crippen LogP contribution in [0.5, 0.6) is 0 Å². The van der Waals surface area contributed by atoms with E-state index in [0.29, 0.717) is 35.7 Å². The lowest BCUT2D eigenvalue weighted by Crippen LogP contribution is -2.60. The van der Waals surface area contributed by atoms with E-state index in [2.05, 4.69) is 16.0 Å². The number of piperazine rings is 2. The summed E-state index contributed by atoms with van der Waals surface area (Å²) in [6.45, 7) is 9.21. The van der Waals surface area contributed by atoms with Crippen molar-refractivity contribution in [3.8, 4) is 0 Å². The second kappa shape index (κ2) is 31.7. The molecule has 2 aliphatic heterocycles. The molecule has 4 aromatic rings. The topological polar surface area (TPSA) is 287 Å². The molecular weight excluding hydrogens is 1220 g/mol. The van der Waals surface area contributed by atoms with Crippen molar-refractivity contribution in [2.45, 2.75) is 129 Å². The molecule has 10 amide bonds. The zero-order valence-corrected chi connectivity index (χ0v) is 55.5. The maximum Gasteiger partial charge on any atom is 0.410 e. The van der Waals surface area contributed by atoms with Crippen LogP contribution >= 0.6 is 0 Å². The van der Waals surface area contributed by atoms with Gasteiger partial charge < -0.3 is 68.9 Å². The Balaban J connectivity index is 0.837. The van der Waals surface area contributed by atoms with Crippen molar-refractivity contribution in [1.29, 1.82) is 0 Å². The minimum Gasteiger partial charge on any atom is -0.465 e. The summed E-state index contributed by atoms with van der Waals surface area (Å²) in [6.07, 6.45) is 7.08. The Hall–Kier alpha value is -8.40. The van der Waals surface area contributed by atoms with Gasteiger partial charge in [-0.3, -0.25) is 48.2 Å². The lowest BCUT2D eigenvalue weighted by atomic mass is 9.83. The minimum absolute atomic E-state index is 0.00698. The fraction of sp³-hybridized carbons (Fsp3) is 0.606. The Morgan fingerprint density at radius 3 is 1.53 bits per heavy atom. The fourth-order valence-electron chi connectivity index (χ4n) is 13.1. The lowest BCUT2D eigenvalue weighted by Gasteiger charge is -2.39. The standard InChI is InChI=1S/C66H92F2N12O14/c1-41(72(6)64(89)90)57(82)70-52(43-16-12-10-13-17-43)60(85)76-25-29-78(30-26-76)62(87)55-51(47-38-45(67)20-22-49(47)74(55)8)59(84)69-24-34-92-36-37-93-35-33-80(40-81)54-48-39-46(68)21-23-50(48)75(9)56(54)63(88)79-31-27-77(28-32-79)61(86)53(44-18-14-11-15-19-44)71-58(83)42(2)73(7)65(91)94-66(3,4)5/h20-23,38-44,52-53H,10-19,24-37H2,1-9H3,(H,69,84)(H,70,82)(H,71,83)(H,89,90)/t41-,42-,52-,53-/m0/s1. The van der Waals surface area contributed by atoms with Gasteiger partial charge in [-0.15, -0.1) is 0 Å². The van der Waals surface area contributed by atoms with Crippen LogP contribution in [0.1, 0.15) is 130 Å². The minimum atomic E-state index is -1.28. The zero-order valence-electron chi connectivity index (χ0n) is 55.5. The number of carbonyl (C=O) groups excluding carboxylic acids is 9. The van der Waals surface area contributed by atoms with Crippen LogP contribution in [-0.4, -0.2) is 239 Å². The first-order chi connectivity index (χ1) is 44.7. The number of rotatable bonds is 24. The average Bonchev–Trinajstić information content (AvgIpc) is 1.61. The molecular formula is C66H92F2N12O14. The van der Waals surface area contributed by atoms with Gasteiger partial charge in [-0.1, -0.05) is 38.5 Å². The number of carbonyl (C=O) groups is 10. The van der Waals surface area contributed by atoms with Crippen molar-refractivity contribution < 1.29 is 76.0 Å². The van der Waals surface area contributed by atoms with Crippen LogP contribution in [0.15, 0.2) is 36.4 Å². The van der Waals surface area contributed by atoms with E-state index < -0.39 is 83.1 Å². The van der Waals surface area contributed by atoms with Crippen molar-refractivity contribution in [2.24, 2.45) is 25.9 Å². The normalized spacial score (nSPS) is 17.2. The predicted molar refractivity (Wildman–Crippen MR) is 344 cm³/mol. The maximum absolute atomic E-state index is 15.0. The molecule has 2 saturated carbocycles. The van der Waals surface area contributed by atoms with Crippen LogP contribution in [0.4, 0.5) is 24.1 Å². The molecule has 4 atom stereocenters. The Labute approximate surface area is 546 Å². The quantitative estimate of drug-likeness (QED) is 0.0510. The summed E-state index contributed by atoms with van der Waals surface area (Å²) in [4.78, 5) is 146. The van der Waals surface area contributed by atoms with E-state index in [9.17, 15) is 57.4 Å². The van der Waals surface area contributed by atoms with Gasteiger partial charge in [0.1, 0.15) is 52.8 Å². The largest absolute Gasteiger partial charge is 0.465 e. The molecule has 8 rings (SSSR count). The number of benzene rings is 2. The fourth-order valence-corrected chi connectivity index (χ4v) is 13.1. The summed E-state index contributed by atoms with van der Waals surface area (Å²) in [5.74, 6) is -4.78. The van der Waals surface area contributed by atoms with E-state index in [4.69, 9.17) is 14.2 Å². The second-order valence-electron chi connectivity index (χ2n) is 26.0. The number of amides is 10. The summed E-state index contributed by atoms with van der Waals surface area (Å²) in [5.41, 5.74) is 0.405. The highest BCUT2D eigenvalue weighted by Crippen LogP contribution is 2.36. The average molecular weight is 1320 g/mol. The molecule has 0 bridgehead atoms. The first kappa shape index (κ1) is 71.4. The summed E-state index contributed by atoms with van der Waals surface area (Å²) in [6, 6.07) is 4.22. The van der Waals surface area contributed by atoms with E-state index >= 15 is 4.39 Å². The number of nitrogens with one attached hydrogen (secondary N) is 3. The molecule has 0 radical (unpaired) electrons. The molecule has 4 heterocycles. The number of ether oxygens (including phenoxy) is 3. The maximum atomic E-state index is 15.0. The van der Waals surface area contributed by atoms with Crippen LogP contribution in [0.25, 0.3) is 21.8 Å². The van der Waals surface area contributed by atoms with Gasteiger partial charge in [0.05, 0.1) is 43.2 Å². The lowest BCUT2D eigenvalue weighted by molar-refractivity contribution is -0.140. The number of hydrogen-bond acceptors (Lipinski definition) is 13. The molecule has 28 heteroatoms. The number of aromatic nitrogens is 2. The Morgan fingerprint density at radius 2 is 1.05 bits per heavy atom. The number of aryl methyl sites for hydroxylation is 2. The van der Waals surface area contributed by atoms with Gasteiger partial charge in [0.25, 0.3) is 17.7 Å². The van der Waals surface area contributed by atoms with Gasteiger partial charge in [-0.25, -0.2) is 18.4 Å². The molecule has 2 saturated heterocycles. The van der Waals surface area contributed by atoms with Crippen LogP contribution < -0.4 is 20.9 Å². The number of halogens is 2. The van der Waals surface area contributed by atoms with Crippen molar-refractivity contribution in [2.75, 3.05) is 111 Å². The highest BCUT2D eigenvalue weighted by molar-refractivity contribution is 6.16. The molecule has 26 nitrogen and oxygen atoms in total. The zero-order chi connectivity index (χ0) is 68.3. The first-order valence-corrected chi connectivity index (χ1v) is 32.6. The molecule has 0 spiro atoms. The number of nitrogens with zero attached hydrogens (tertiary/aromatic N) is 9. The first-order valence-electron chi connectivity index (χ1n) is 32.6. The van der Waals surface area contributed by atoms with Gasteiger partial charge in [-0.05, 0) is 109 Å². The monoisotopic (exact) mass is 1310 g/mol. The summed E-state index contributed by atoms with van der Waals surface area (Å²) in [5, 5.41) is 18.6. The third-order valence-electron chi connectivity index (χ3n) is 18.8. The van der Waals surface area contributed by atoms with E-state index in [-0.39, 0.29) is 144 Å². The number of fused-ring (bicyclic) bond motifs is 2. The molecule has 514 valence electrons. The van der Waals surface area contributed by atoms with Crippen LogP contribution in [0.2, 0.25) is 0 Å². The van der Waals surface area contributed by atoms with Crippen molar-refractivity contribution in [3.63, 3.8) is 0 Å². The Morgan fingerprint density at radius 1 is 0.617 bits per heavy atom. The van der Waals surface area contributed by atoms with E-state index in [1.807, 2.05) is 0 Å². The number of likely N-dealkylation sites (N-methyl/N-ethyl adjacent to an activating group) is 2. The Kier molecular flexibility index (Phi) is 24.1. The molecule has 2 aliphatic carbocycles. The number of anilines is 1. The van der Waals surface area contributed by atoms with E-state index in [0.717, 1.165) is 56.3 Å². The molecule has 4 N–H and O–H groups in total. The second-order valence-corrected chi connectivity index (χ2v) is 26.0. The Bertz CT molecular complexity index is 3430. The van der Waals surface area contributed by atoms with Gasteiger partial charge >= 0.3 is 12.2 Å². The van der Waals surface area contributed by atoms with E-state index in [1.165, 1.54) is 76.7 Å². The predicted octanol–water partition coefficient (Wildman–Crippen LogP) is 5.33. The smallest absolute Gasteiger partial charge is 0.410 e.